The Labute approximate surface area is 147 Å². The molecule has 0 bridgehead atoms. The van der Waals surface area contributed by atoms with Gasteiger partial charge in [0.05, 0.1) is 25.4 Å². The minimum Gasteiger partial charge on any atom is -0.389 e. The molecule has 130 valence electrons. The number of rotatable bonds is 7. The van der Waals surface area contributed by atoms with Gasteiger partial charge >= 0.3 is 0 Å². The maximum Gasteiger partial charge on any atom is 0.181 e. The molecule has 0 aliphatic carbocycles. The fourth-order valence-corrected chi connectivity index (χ4v) is 2.54. The lowest BCUT2D eigenvalue weighted by Gasteiger charge is -2.14. The Balaban J connectivity index is 1.91. The molecule has 3 rings (SSSR count). The van der Waals surface area contributed by atoms with Crippen LogP contribution in [0.2, 0.25) is 0 Å². The van der Waals surface area contributed by atoms with E-state index in [1.165, 1.54) is 0 Å². The minimum absolute atomic E-state index is 0.0823. The fraction of sp³-hybridized carbons (Fsp3) is 0.300. The number of aliphatic hydroxyl groups excluding tert-OH is 1. The Morgan fingerprint density at radius 3 is 2.16 bits per heavy atom. The van der Waals surface area contributed by atoms with E-state index in [1.54, 1.807) is 4.68 Å². The smallest absolute Gasteiger partial charge is 0.181 e. The highest BCUT2D eigenvalue weighted by Gasteiger charge is 2.16. The second-order valence-electron chi connectivity index (χ2n) is 6.21. The summed E-state index contributed by atoms with van der Waals surface area (Å²) in [7, 11) is 0. The van der Waals surface area contributed by atoms with Crippen molar-refractivity contribution in [3.05, 3.63) is 60.7 Å². The average Bonchev–Trinajstić information content (AvgIpc) is 3.05. The minimum atomic E-state index is -0.643. The molecule has 0 radical (unpaired) electrons. The van der Waals surface area contributed by atoms with E-state index in [-0.39, 0.29) is 12.7 Å². The molecule has 0 saturated carbocycles. The zero-order valence-corrected chi connectivity index (χ0v) is 14.5. The molecule has 1 aromatic heterocycles. The molecule has 1 unspecified atom stereocenters. The summed E-state index contributed by atoms with van der Waals surface area (Å²) in [5.74, 6) is 1.39. The van der Waals surface area contributed by atoms with Gasteiger partial charge in [-0.3, -0.25) is 0 Å². The second kappa shape index (κ2) is 8.05. The van der Waals surface area contributed by atoms with Crippen molar-refractivity contribution in [1.29, 1.82) is 0 Å². The third kappa shape index (κ3) is 4.53. The molecule has 0 aliphatic heterocycles. The molecule has 0 amide bonds. The molecular weight excluding hydrogens is 314 g/mol. The predicted molar refractivity (Wildman–Crippen MR) is 98.0 cm³/mol. The number of aliphatic hydroxyl groups is 1. The maximum absolute atomic E-state index is 10.3. The van der Waals surface area contributed by atoms with E-state index >= 15 is 0 Å². The lowest BCUT2D eigenvalue weighted by molar-refractivity contribution is -0.00183. The zero-order chi connectivity index (χ0) is 17.6. The van der Waals surface area contributed by atoms with Crippen molar-refractivity contribution < 1.29 is 9.84 Å². The molecule has 5 nitrogen and oxygen atoms in total. The highest BCUT2D eigenvalue weighted by Crippen LogP contribution is 2.22. The Bertz CT molecular complexity index is 785. The lowest BCUT2D eigenvalue weighted by Crippen LogP contribution is -2.24. The quantitative estimate of drug-likeness (QED) is 0.718. The number of aromatic nitrogens is 3. The van der Waals surface area contributed by atoms with Crippen LogP contribution in [-0.2, 0) is 11.3 Å². The Morgan fingerprint density at radius 1 is 0.960 bits per heavy atom. The van der Waals surface area contributed by atoms with E-state index in [2.05, 4.69) is 5.10 Å². The van der Waals surface area contributed by atoms with Crippen molar-refractivity contribution in [2.24, 2.45) is 0 Å². The van der Waals surface area contributed by atoms with E-state index in [4.69, 9.17) is 9.72 Å². The third-order valence-electron chi connectivity index (χ3n) is 3.74. The molecule has 0 aliphatic rings. The SMILES string of the molecule is CC(C)OCC(O)Cn1nc(-c2ccccc2)nc1-c1ccccc1. The van der Waals surface area contributed by atoms with Crippen molar-refractivity contribution in [2.45, 2.75) is 32.6 Å². The summed E-state index contributed by atoms with van der Waals surface area (Å²) >= 11 is 0. The van der Waals surface area contributed by atoms with Gasteiger partial charge in [-0.15, -0.1) is 0 Å². The monoisotopic (exact) mass is 337 g/mol. The van der Waals surface area contributed by atoms with Gasteiger partial charge in [-0.25, -0.2) is 9.67 Å². The summed E-state index contributed by atoms with van der Waals surface area (Å²) in [6, 6.07) is 19.7. The Morgan fingerprint density at radius 2 is 1.56 bits per heavy atom. The molecule has 0 saturated heterocycles. The van der Waals surface area contributed by atoms with Crippen LogP contribution in [0.25, 0.3) is 22.8 Å². The summed E-state index contributed by atoms with van der Waals surface area (Å²) < 4.78 is 7.26. The average molecular weight is 337 g/mol. The largest absolute Gasteiger partial charge is 0.389 e. The van der Waals surface area contributed by atoms with Crippen molar-refractivity contribution in [1.82, 2.24) is 14.8 Å². The number of ether oxygens (including phenoxy) is 1. The standard InChI is InChI=1S/C20H23N3O2/c1-15(2)25-14-18(24)13-23-20(17-11-7-4-8-12-17)21-19(22-23)16-9-5-3-6-10-16/h3-12,15,18,24H,13-14H2,1-2H3. The highest BCUT2D eigenvalue weighted by molar-refractivity contribution is 5.61. The van der Waals surface area contributed by atoms with Crippen molar-refractivity contribution in [3.8, 4) is 22.8 Å². The van der Waals surface area contributed by atoms with Gasteiger partial charge in [0.15, 0.2) is 11.6 Å². The Kier molecular flexibility index (Phi) is 5.58. The third-order valence-corrected chi connectivity index (χ3v) is 3.74. The van der Waals surface area contributed by atoms with Crippen LogP contribution in [-0.4, -0.2) is 38.7 Å². The van der Waals surface area contributed by atoms with Crippen molar-refractivity contribution >= 4 is 0 Å². The van der Waals surface area contributed by atoms with Crippen LogP contribution >= 0.6 is 0 Å². The van der Waals surface area contributed by atoms with E-state index in [9.17, 15) is 5.11 Å². The maximum atomic E-state index is 10.3. The van der Waals surface area contributed by atoms with Crippen molar-refractivity contribution in [3.63, 3.8) is 0 Å². The van der Waals surface area contributed by atoms with Crippen LogP contribution < -0.4 is 0 Å². The van der Waals surface area contributed by atoms with Crippen LogP contribution in [0, 0.1) is 0 Å². The van der Waals surface area contributed by atoms with Gasteiger partial charge in [-0.05, 0) is 13.8 Å². The molecule has 0 fully saturated rings. The van der Waals surface area contributed by atoms with Gasteiger partial charge in [0, 0.05) is 11.1 Å². The predicted octanol–water partition coefficient (Wildman–Crippen LogP) is 3.40. The normalized spacial score (nSPS) is 12.5. The molecule has 2 aromatic carbocycles. The molecule has 3 aromatic rings. The summed E-state index contributed by atoms with van der Waals surface area (Å²) in [5, 5.41) is 14.9. The number of benzene rings is 2. The van der Waals surface area contributed by atoms with E-state index in [0.717, 1.165) is 17.0 Å². The van der Waals surface area contributed by atoms with Gasteiger partial charge in [0.2, 0.25) is 0 Å². The first kappa shape index (κ1) is 17.3. The van der Waals surface area contributed by atoms with E-state index in [1.807, 2.05) is 74.5 Å². The van der Waals surface area contributed by atoms with Crippen LogP contribution in [0.5, 0.6) is 0 Å². The molecule has 1 atom stereocenters. The lowest BCUT2D eigenvalue weighted by atomic mass is 10.2. The van der Waals surface area contributed by atoms with Crippen LogP contribution in [0.4, 0.5) is 0 Å². The first-order valence-corrected chi connectivity index (χ1v) is 8.49. The van der Waals surface area contributed by atoms with E-state index in [0.29, 0.717) is 12.4 Å². The van der Waals surface area contributed by atoms with Gasteiger partial charge in [0.25, 0.3) is 0 Å². The summed E-state index contributed by atoms with van der Waals surface area (Å²) in [6.07, 6.45) is -0.561. The first-order chi connectivity index (χ1) is 12.1. The van der Waals surface area contributed by atoms with Crippen LogP contribution in [0.3, 0.4) is 0 Å². The van der Waals surface area contributed by atoms with Crippen LogP contribution in [0.1, 0.15) is 13.8 Å². The van der Waals surface area contributed by atoms with Gasteiger partial charge in [-0.2, -0.15) is 5.10 Å². The number of nitrogens with zero attached hydrogens (tertiary/aromatic N) is 3. The molecule has 1 N–H and O–H groups in total. The van der Waals surface area contributed by atoms with Gasteiger partial charge < -0.3 is 9.84 Å². The Hall–Kier alpha value is -2.50. The van der Waals surface area contributed by atoms with Crippen LogP contribution in [0.15, 0.2) is 60.7 Å². The summed E-state index contributed by atoms with van der Waals surface area (Å²) in [4.78, 5) is 4.70. The molecule has 1 heterocycles. The number of hydrogen-bond acceptors (Lipinski definition) is 4. The van der Waals surface area contributed by atoms with Gasteiger partial charge in [-0.1, -0.05) is 60.7 Å². The van der Waals surface area contributed by atoms with E-state index < -0.39 is 6.10 Å². The summed E-state index contributed by atoms with van der Waals surface area (Å²) in [5.41, 5.74) is 1.92. The second-order valence-corrected chi connectivity index (χ2v) is 6.21. The topological polar surface area (TPSA) is 60.2 Å². The van der Waals surface area contributed by atoms with Gasteiger partial charge in [0.1, 0.15) is 0 Å². The van der Waals surface area contributed by atoms with Crippen molar-refractivity contribution in [2.75, 3.05) is 6.61 Å². The molecule has 0 spiro atoms. The highest BCUT2D eigenvalue weighted by atomic mass is 16.5. The zero-order valence-electron chi connectivity index (χ0n) is 14.5. The molecular formula is C20H23N3O2. The summed E-state index contributed by atoms with van der Waals surface area (Å²) in [6.45, 7) is 4.50. The fourth-order valence-electron chi connectivity index (χ4n) is 2.54. The molecule has 25 heavy (non-hydrogen) atoms. The number of hydrogen-bond donors (Lipinski definition) is 1. The first-order valence-electron chi connectivity index (χ1n) is 8.49. The molecule has 5 heteroatoms.